The predicted octanol–water partition coefficient (Wildman–Crippen LogP) is 2.29. The van der Waals surface area contributed by atoms with Gasteiger partial charge in [-0.2, -0.15) is 0 Å². The summed E-state index contributed by atoms with van der Waals surface area (Å²) in [7, 11) is 0. The van der Waals surface area contributed by atoms with Crippen molar-refractivity contribution in [3.8, 4) is 0 Å². The van der Waals surface area contributed by atoms with Crippen LogP contribution in [0.5, 0.6) is 0 Å². The van der Waals surface area contributed by atoms with Crippen molar-refractivity contribution in [2.24, 2.45) is 0 Å². The minimum absolute atomic E-state index is 0.153. The molecular formula is C16H19N5OS. The lowest BCUT2D eigenvalue weighted by molar-refractivity contribution is 0.0923. The Morgan fingerprint density at radius 3 is 2.57 bits per heavy atom. The summed E-state index contributed by atoms with van der Waals surface area (Å²) in [5, 5.41) is 4.38. The lowest BCUT2D eigenvalue weighted by Gasteiger charge is -2.28. The van der Waals surface area contributed by atoms with E-state index in [4.69, 9.17) is 5.73 Å². The van der Waals surface area contributed by atoms with Crippen molar-refractivity contribution in [2.75, 3.05) is 5.73 Å². The Hall–Kier alpha value is -2.15. The van der Waals surface area contributed by atoms with Crippen LogP contribution in [0.25, 0.3) is 0 Å². The number of hydrogen-bond acceptors (Lipinski definition) is 6. The van der Waals surface area contributed by atoms with Crippen LogP contribution in [0.2, 0.25) is 0 Å². The fraction of sp³-hybridized carbons (Fsp3) is 0.375. The van der Waals surface area contributed by atoms with E-state index in [-0.39, 0.29) is 11.9 Å². The number of pyridine rings is 1. The Balaban J connectivity index is 1.48. The van der Waals surface area contributed by atoms with Crippen LogP contribution in [-0.2, 0) is 0 Å². The number of nitrogen functional groups attached to an aromatic ring is 1. The fourth-order valence-corrected chi connectivity index (χ4v) is 3.71. The van der Waals surface area contributed by atoms with E-state index >= 15 is 0 Å². The summed E-state index contributed by atoms with van der Waals surface area (Å²) < 4.78 is 0. The quantitative estimate of drug-likeness (QED) is 0.836. The van der Waals surface area contributed by atoms with Crippen molar-refractivity contribution < 1.29 is 4.79 Å². The van der Waals surface area contributed by atoms with Crippen molar-refractivity contribution in [3.05, 3.63) is 42.4 Å². The number of anilines is 1. The molecule has 2 aromatic heterocycles. The molecular weight excluding hydrogens is 310 g/mol. The molecule has 2 aromatic rings. The van der Waals surface area contributed by atoms with Crippen molar-refractivity contribution in [1.29, 1.82) is 0 Å². The average Bonchev–Trinajstić information content (AvgIpc) is 2.57. The second kappa shape index (κ2) is 7.41. The molecule has 6 nitrogen and oxygen atoms in total. The van der Waals surface area contributed by atoms with Gasteiger partial charge in [0.25, 0.3) is 5.91 Å². The molecule has 0 aromatic carbocycles. The number of nitrogens with one attached hydrogen (secondary N) is 1. The van der Waals surface area contributed by atoms with E-state index in [1.165, 1.54) is 0 Å². The molecule has 1 saturated carbocycles. The molecule has 0 aliphatic heterocycles. The van der Waals surface area contributed by atoms with Gasteiger partial charge in [0, 0.05) is 23.7 Å². The number of aromatic nitrogens is 3. The summed E-state index contributed by atoms with van der Waals surface area (Å²) in [4.78, 5) is 24.7. The summed E-state index contributed by atoms with van der Waals surface area (Å²) in [6, 6.07) is 7.11. The first-order valence-electron chi connectivity index (χ1n) is 7.68. The Kier molecular flexibility index (Phi) is 5.07. The molecule has 120 valence electrons. The van der Waals surface area contributed by atoms with Crippen LogP contribution in [0.4, 0.5) is 5.82 Å². The van der Waals surface area contributed by atoms with Gasteiger partial charge in [0.2, 0.25) is 0 Å². The van der Waals surface area contributed by atoms with Gasteiger partial charge in [-0.05, 0) is 43.9 Å². The van der Waals surface area contributed by atoms with Crippen LogP contribution in [0.1, 0.15) is 36.2 Å². The molecule has 3 N–H and O–H groups in total. The van der Waals surface area contributed by atoms with Gasteiger partial charge in [-0.15, -0.1) is 0 Å². The topological polar surface area (TPSA) is 93.8 Å². The Morgan fingerprint density at radius 2 is 1.87 bits per heavy atom. The molecule has 7 heteroatoms. The maximum atomic E-state index is 12.2. The van der Waals surface area contributed by atoms with Gasteiger partial charge in [0.05, 0.1) is 0 Å². The molecule has 0 bridgehead atoms. The van der Waals surface area contributed by atoms with Crippen molar-refractivity contribution in [3.63, 3.8) is 0 Å². The maximum Gasteiger partial charge on any atom is 0.270 e. The minimum Gasteiger partial charge on any atom is -0.384 e. The number of hydrogen-bond donors (Lipinski definition) is 2. The summed E-state index contributed by atoms with van der Waals surface area (Å²) in [5.74, 6) is 0.209. The highest BCUT2D eigenvalue weighted by atomic mass is 32.2. The SMILES string of the molecule is Nc1cccc(C(=O)NC2CCC(Sc3ncccn3)CC2)n1. The Bertz CT molecular complexity index is 659. The number of carbonyl (C=O) groups is 1. The van der Waals surface area contributed by atoms with E-state index in [9.17, 15) is 4.79 Å². The van der Waals surface area contributed by atoms with Gasteiger partial charge >= 0.3 is 0 Å². The number of carbonyl (C=O) groups excluding carboxylic acids is 1. The van der Waals surface area contributed by atoms with Gasteiger partial charge in [0.1, 0.15) is 11.5 Å². The van der Waals surface area contributed by atoms with Crippen molar-refractivity contribution >= 4 is 23.5 Å². The van der Waals surface area contributed by atoms with E-state index in [1.54, 1.807) is 42.4 Å². The maximum absolute atomic E-state index is 12.2. The molecule has 23 heavy (non-hydrogen) atoms. The Morgan fingerprint density at radius 1 is 1.13 bits per heavy atom. The standard InChI is InChI=1S/C16H19N5OS/c17-14-4-1-3-13(21-14)15(22)20-11-5-7-12(8-6-11)23-16-18-9-2-10-19-16/h1-4,9-12H,5-8H2,(H2,17,21)(H,20,22). The molecule has 0 unspecified atom stereocenters. The van der Waals surface area contributed by atoms with E-state index in [0.717, 1.165) is 30.8 Å². The fourth-order valence-electron chi connectivity index (χ4n) is 2.66. The highest BCUT2D eigenvalue weighted by Gasteiger charge is 2.24. The molecule has 0 radical (unpaired) electrons. The van der Waals surface area contributed by atoms with Crippen molar-refractivity contribution in [2.45, 2.75) is 42.1 Å². The molecule has 0 saturated heterocycles. The molecule has 1 aliphatic rings. The van der Waals surface area contributed by atoms with Gasteiger partial charge in [-0.25, -0.2) is 15.0 Å². The van der Waals surface area contributed by atoms with Crippen LogP contribution in [-0.4, -0.2) is 32.2 Å². The minimum atomic E-state index is -0.153. The van der Waals surface area contributed by atoms with Crippen molar-refractivity contribution in [1.82, 2.24) is 20.3 Å². The highest BCUT2D eigenvalue weighted by Crippen LogP contribution is 2.31. The van der Waals surface area contributed by atoms with E-state index in [2.05, 4.69) is 20.3 Å². The number of nitrogens with two attached hydrogens (primary N) is 1. The summed E-state index contributed by atoms with van der Waals surface area (Å²) in [6.07, 6.45) is 7.52. The van der Waals surface area contributed by atoms with E-state index < -0.39 is 0 Å². The zero-order valence-corrected chi connectivity index (χ0v) is 13.5. The number of nitrogens with zero attached hydrogens (tertiary/aromatic N) is 3. The van der Waals surface area contributed by atoms with Gasteiger partial charge < -0.3 is 11.1 Å². The third-order valence-electron chi connectivity index (χ3n) is 3.83. The molecule has 3 rings (SSSR count). The smallest absolute Gasteiger partial charge is 0.270 e. The normalized spacial score (nSPS) is 20.9. The summed E-state index contributed by atoms with van der Waals surface area (Å²) >= 11 is 1.72. The molecule has 0 spiro atoms. The Labute approximate surface area is 139 Å². The highest BCUT2D eigenvalue weighted by molar-refractivity contribution is 7.99. The third-order valence-corrected chi connectivity index (χ3v) is 5.05. The van der Waals surface area contributed by atoms with E-state index in [0.29, 0.717) is 16.8 Å². The zero-order chi connectivity index (χ0) is 16.1. The first-order valence-corrected chi connectivity index (χ1v) is 8.56. The number of rotatable bonds is 4. The average molecular weight is 329 g/mol. The molecule has 1 amide bonds. The van der Waals surface area contributed by atoms with Crippen LogP contribution in [0, 0.1) is 0 Å². The number of amides is 1. The first kappa shape index (κ1) is 15.7. The molecule has 1 fully saturated rings. The summed E-state index contributed by atoms with van der Waals surface area (Å²) in [6.45, 7) is 0. The monoisotopic (exact) mass is 329 g/mol. The zero-order valence-electron chi connectivity index (χ0n) is 12.7. The lowest BCUT2D eigenvalue weighted by atomic mass is 9.95. The molecule has 2 heterocycles. The molecule has 0 atom stereocenters. The van der Waals surface area contributed by atoms with Gasteiger partial charge in [-0.3, -0.25) is 4.79 Å². The first-order chi connectivity index (χ1) is 11.2. The largest absolute Gasteiger partial charge is 0.384 e. The van der Waals surface area contributed by atoms with Gasteiger partial charge in [-0.1, -0.05) is 17.8 Å². The second-order valence-electron chi connectivity index (χ2n) is 5.54. The third kappa shape index (κ3) is 4.41. The van der Waals surface area contributed by atoms with Crippen LogP contribution in [0.3, 0.4) is 0 Å². The van der Waals surface area contributed by atoms with Crippen LogP contribution in [0.15, 0.2) is 41.8 Å². The van der Waals surface area contributed by atoms with Gasteiger partial charge in [0.15, 0.2) is 5.16 Å². The molecule has 1 aliphatic carbocycles. The predicted molar refractivity (Wildman–Crippen MR) is 90.0 cm³/mol. The lowest BCUT2D eigenvalue weighted by Crippen LogP contribution is -2.38. The van der Waals surface area contributed by atoms with Crippen LogP contribution >= 0.6 is 11.8 Å². The number of thioether (sulfide) groups is 1. The van der Waals surface area contributed by atoms with E-state index in [1.807, 2.05) is 6.07 Å². The second-order valence-corrected chi connectivity index (χ2v) is 6.81. The summed E-state index contributed by atoms with van der Waals surface area (Å²) in [5.41, 5.74) is 5.99. The van der Waals surface area contributed by atoms with Crippen LogP contribution < -0.4 is 11.1 Å².